The molecule has 0 spiro atoms. The van der Waals surface area contributed by atoms with E-state index in [2.05, 4.69) is 42.6 Å². The quantitative estimate of drug-likeness (QED) is 0.769. The van der Waals surface area contributed by atoms with Gasteiger partial charge in [0.05, 0.1) is 11.5 Å². The van der Waals surface area contributed by atoms with E-state index in [0.29, 0.717) is 29.7 Å². The molecular formula is C25H36N2O2. The predicted molar refractivity (Wildman–Crippen MR) is 114 cm³/mol. The Morgan fingerprint density at radius 3 is 2.59 bits per heavy atom. The van der Waals surface area contributed by atoms with Gasteiger partial charge in [0, 0.05) is 18.6 Å². The summed E-state index contributed by atoms with van der Waals surface area (Å²) in [6.45, 7) is 3.62. The molecule has 0 aromatic heterocycles. The van der Waals surface area contributed by atoms with Gasteiger partial charge in [-0.2, -0.15) is 0 Å². The number of nitrogens with two attached hydrogens (primary N) is 1. The van der Waals surface area contributed by atoms with E-state index in [-0.39, 0.29) is 16.9 Å². The fourth-order valence-electron chi connectivity index (χ4n) is 7.62. The predicted octanol–water partition coefficient (Wildman–Crippen LogP) is 3.78. The minimum Gasteiger partial charge on any atom is -0.378 e. The van der Waals surface area contributed by atoms with Crippen LogP contribution < -0.4 is 11.1 Å². The number of hydrogen-bond acceptors (Lipinski definition) is 3. The van der Waals surface area contributed by atoms with Crippen LogP contribution in [0.25, 0.3) is 0 Å². The summed E-state index contributed by atoms with van der Waals surface area (Å²) in [4.78, 5) is 13.8. The lowest BCUT2D eigenvalue weighted by Crippen LogP contribution is -2.48. The van der Waals surface area contributed by atoms with Crippen LogP contribution in [0, 0.1) is 23.2 Å². The summed E-state index contributed by atoms with van der Waals surface area (Å²) in [7, 11) is 0. The third kappa shape index (κ3) is 3.06. The smallest absolute Gasteiger partial charge is 0.226 e. The van der Waals surface area contributed by atoms with Crippen LogP contribution in [0.1, 0.15) is 63.9 Å². The van der Waals surface area contributed by atoms with Crippen LogP contribution in [0.3, 0.4) is 0 Å². The monoisotopic (exact) mass is 396 g/mol. The summed E-state index contributed by atoms with van der Waals surface area (Å²) in [6, 6.07) is 11.3. The Morgan fingerprint density at radius 2 is 1.90 bits per heavy atom. The van der Waals surface area contributed by atoms with Crippen LogP contribution in [0.2, 0.25) is 0 Å². The average Bonchev–Trinajstić information content (AvgIpc) is 3.13. The third-order valence-corrected chi connectivity index (χ3v) is 8.83. The molecule has 1 aromatic rings. The van der Waals surface area contributed by atoms with Gasteiger partial charge in [-0.05, 0) is 87.6 Å². The lowest BCUT2D eigenvalue weighted by Gasteiger charge is -2.43. The van der Waals surface area contributed by atoms with Gasteiger partial charge in [-0.25, -0.2) is 0 Å². The van der Waals surface area contributed by atoms with Crippen molar-refractivity contribution in [3.8, 4) is 0 Å². The van der Waals surface area contributed by atoms with E-state index in [0.717, 1.165) is 58.1 Å². The minimum absolute atomic E-state index is 0.164. The van der Waals surface area contributed by atoms with Gasteiger partial charge in [0.25, 0.3) is 0 Å². The Balaban J connectivity index is 1.39. The van der Waals surface area contributed by atoms with Gasteiger partial charge in [0.15, 0.2) is 0 Å². The zero-order valence-electron chi connectivity index (χ0n) is 17.7. The third-order valence-electron chi connectivity index (χ3n) is 8.83. The van der Waals surface area contributed by atoms with E-state index in [9.17, 15) is 4.79 Å². The fourth-order valence-corrected chi connectivity index (χ4v) is 7.62. The van der Waals surface area contributed by atoms with Crippen LogP contribution in [0.5, 0.6) is 0 Å². The zero-order valence-corrected chi connectivity index (χ0v) is 17.7. The van der Waals surface area contributed by atoms with Crippen molar-refractivity contribution in [3.63, 3.8) is 0 Å². The number of ether oxygens (including phenoxy) is 1. The van der Waals surface area contributed by atoms with E-state index in [1.807, 2.05) is 0 Å². The largest absolute Gasteiger partial charge is 0.378 e. The normalized spacial score (nSPS) is 42.9. The summed E-state index contributed by atoms with van der Waals surface area (Å²) in [5.74, 6) is 1.84. The highest BCUT2D eigenvalue weighted by Gasteiger charge is 2.71. The number of benzene rings is 1. The molecule has 3 N–H and O–H groups in total. The van der Waals surface area contributed by atoms with Crippen LogP contribution in [0.15, 0.2) is 30.3 Å². The van der Waals surface area contributed by atoms with Gasteiger partial charge in [0.2, 0.25) is 5.91 Å². The minimum atomic E-state index is -0.233. The number of carbonyl (C=O) groups excluding carboxylic acids is 1. The van der Waals surface area contributed by atoms with Crippen LogP contribution >= 0.6 is 0 Å². The van der Waals surface area contributed by atoms with Crippen molar-refractivity contribution in [2.75, 3.05) is 13.2 Å². The number of nitrogens with one attached hydrogen (secondary N) is 1. The van der Waals surface area contributed by atoms with Crippen molar-refractivity contribution < 1.29 is 9.53 Å². The highest BCUT2D eigenvalue weighted by molar-refractivity contribution is 5.85. The first-order chi connectivity index (χ1) is 14.1. The van der Waals surface area contributed by atoms with Crippen LogP contribution in [-0.4, -0.2) is 31.2 Å². The summed E-state index contributed by atoms with van der Waals surface area (Å²) in [5, 5.41) is 3.50. The first-order valence-corrected chi connectivity index (χ1v) is 11.8. The molecule has 6 rings (SSSR count). The second-order valence-corrected chi connectivity index (χ2v) is 10.3. The summed E-state index contributed by atoms with van der Waals surface area (Å²) in [6.07, 6.45) is 9.01. The van der Waals surface area contributed by atoms with Gasteiger partial charge in [-0.3, -0.25) is 4.79 Å². The Kier molecular flexibility index (Phi) is 4.98. The highest BCUT2D eigenvalue weighted by Crippen LogP contribution is 2.71. The average molecular weight is 397 g/mol. The molecule has 5 unspecified atom stereocenters. The molecule has 0 heterocycles. The lowest BCUT2D eigenvalue weighted by molar-refractivity contribution is -0.134. The van der Waals surface area contributed by atoms with Crippen molar-refractivity contribution in [3.05, 3.63) is 35.9 Å². The molecular weight excluding hydrogens is 360 g/mol. The van der Waals surface area contributed by atoms with Crippen LogP contribution in [0.4, 0.5) is 0 Å². The van der Waals surface area contributed by atoms with Gasteiger partial charge < -0.3 is 15.8 Å². The number of rotatable bonds is 6. The highest BCUT2D eigenvalue weighted by atomic mass is 16.5. The molecule has 5 aliphatic rings. The first-order valence-electron chi connectivity index (χ1n) is 11.8. The molecule has 0 radical (unpaired) electrons. The van der Waals surface area contributed by atoms with Gasteiger partial charge in [-0.1, -0.05) is 30.3 Å². The van der Waals surface area contributed by atoms with E-state index < -0.39 is 0 Å². The van der Waals surface area contributed by atoms with Gasteiger partial charge in [-0.15, -0.1) is 0 Å². The summed E-state index contributed by atoms with van der Waals surface area (Å²) < 4.78 is 6.25. The molecule has 4 bridgehead atoms. The van der Waals surface area contributed by atoms with Crippen molar-refractivity contribution in [2.45, 2.75) is 75.9 Å². The van der Waals surface area contributed by atoms with Crippen molar-refractivity contribution in [1.29, 1.82) is 0 Å². The molecule has 0 aliphatic heterocycles. The molecule has 4 nitrogen and oxygen atoms in total. The molecule has 0 saturated heterocycles. The van der Waals surface area contributed by atoms with Crippen molar-refractivity contribution in [2.24, 2.45) is 28.9 Å². The molecule has 1 aromatic carbocycles. The molecule has 1 amide bonds. The Labute approximate surface area is 175 Å². The van der Waals surface area contributed by atoms with Crippen molar-refractivity contribution in [1.82, 2.24) is 5.32 Å². The molecule has 4 heteroatoms. The molecule has 5 atom stereocenters. The number of amides is 1. The maximum atomic E-state index is 13.8. The Morgan fingerprint density at radius 1 is 1.14 bits per heavy atom. The second kappa shape index (κ2) is 7.39. The summed E-state index contributed by atoms with van der Waals surface area (Å²) >= 11 is 0. The lowest BCUT2D eigenvalue weighted by atomic mass is 9.63. The second-order valence-electron chi connectivity index (χ2n) is 10.3. The number of carbonyl (C=O) groups is 1. The Hall–Kier alpha value is -1.39. The Bertz CT molecular complexity index is 744. The molecule has 29 heavy (non-hydrogen) atoms. The number of hydrogen-bond donors (Lipinski definition) is 2. The topological polar surface area (TPSA) is 64.3 Å². The SMILES string of the molecule is CCOC1C2CC3(c4ccccc4)CC1C(C(=O)NC1CCC(CN)CC1)(C2)C3. The first kappa shape index (κ1) is 19.6. The van der Waals surface area contributed by atoms with E-state index in [1.165, 1.54) is 12.0 Å². The van der Waals surface area contributed by atoms with Gasteiger partial charge in [0.1, 0.15) is 0 Å². The van der Waals surface area contributed by atoms with Crippen LogP contribution in [-0.2, 0) is 14.9 Å². The summed E-state index contributed by atoms with van der Waals surface area (Å²) in [5.41, 5.74) is 7.21. The molecule has 5 fully saturated rings. The standard InChI is InChI=1S/C25H36N2O2/c1-2-29-22-18-12-24(19-6-4-3-5-7-19)14-21(22)25(13-18,16-24)23(28)27-20-10-8-17(15-26)9-11-20/h3-7,17-18,20-22H,2,8-16,26H2,1H3,(H,27,28). The molecule has 5 saturated carbocycles. The van der Waals surface area contributed by atoms with Gasteiger partial charge >= 0.3 is 0 Å². The van der Waals surface area contributed by atoms with E-state index >= 15 is 0 Å². The molecule has 158 valence electrons. The zero-order chi connectivity index (χ0) is 20.1. The van der Waals surface area contributed by atoms with E-state index in [1.54, 1.807) is 0 Å². The maximum absolute atomic E-state index is 13.8. The fraction of sp³-hybridized carbons (Fsp3) is 0.720. The molecule has 5 aliphatic carbocycles. The maximum Gasteiger partial charge on any atom is 0.226 e. The van der Waals surface area contributed by atoms with Crippen molar-refractivity contribution >= 4 is 5.91 Å². The van der Waals surface area contributed by atoms with E-state index in [4.69, 9.17) is 10.5 Å².